The summed E-state index contributed by atoms with van der Waals surface area (Å²) in [4.78, 5) is 26.4. The lowest BCUT2D eigenvalue weighted by Gasteiger charge is -2.31. The Morgan fingerprint density at radius 3 is 2.41 bits per heavy atom. The van der Waals surface area contributed by atoms with Gasteiger partial charge in [-0.05, 0) is 38.1 Å². The summed E-state index contributed by atoms with van der Waals surface area (Å²) in [6, 6.07) is 7.36. The first-order valence-corrected chi connectivity index (χ1v) is 7.55. The largest absolute Gasteiger partial charge is 0.491 e. The molecule has 0 unspecified atom stereocenters. The molecule has 0 aromatic heterocycles. The van der Waals surface area contributed by atoms with Crippen LogP contribution in [-0.4, -0.2) is 60.9 Å². The number of carbonyl (C=O) groups excluding carboxylic acids is 2. The van der Waals surface area contributed by atoms with E-state index in [0.717, 1.165) is 30.9 Å². The zero-order valence-electron chi connectivity index (χ0n) is 13.1. The molecule has 1 aliphatic heterocycles. The van der Waals surface area contributed by atoms with E-state index in [9.17, 15) is 9.59 Å². The first-order chi connectivity index (χ1) is 10.6. The molecule has 0 saturated carbocycles. The monoisotopic (exact) mass is 305 g/mol. The fraction of sp³-hybridized carbons (Fsp3) is 0.500. The number of piperazine rings is 1. The van der Waals surface area contributed by atoms with Crippen LogP contribution >= 0.6 is 0 Å². The van der Waals surface area contributed by atoms with Crippen LogP contribution in [0.3, 0.4) is 0 Å². The molecule has 1 heterocycles. The summed E-state index contributed by atoms with van der Waals surface area (Å²) in [7, 11) is 0. The van der Waals surface area contributed by atoms with E-state index >= 15 is 0 Å². The summed E-state index contributed by atoms with van der Waals surface area (Å²) >= 11 is 0. The molecule has 0 aliphatic carbocycles. The van der Waals surface area contributed by atoms with E-state index in [0.29, 0.717) is 19.6 Å². The maximum absolute atomic E-state index is 12.0. The van der Waals surface area contributed by atoms with E-state index in [1.807, 2.05) is 43.0 Å². The number of rotatable bonds is 6. The van der Waals surface area contributed by atoms with Crippen LogP contribution in [0.2, 0.25) is 0 Å². The van der Waals surface area contributed by atoms with E-state index in [4.69, 9.17) is 4.74 Å². The van der Waals surface area contributed by atoms with Crippen LogP contribution in [0.4, 0.5) is 5.69 Å². The van der Waals surface area contributed by atoms with Gasteiger partial charge in [0.25, 0.3) is 0 Å². The lowest BCUT2D eigenvalue weighted by molar-refractivity contribution is -0.120. The summed E-state index contributed by atoms with van der Waals surface area (Å²) in [5, 5.41) is 2.88. The molecule has 1 fully saturated rings. The van der Waals surface area contributed by atoms with E-state index in [1.165, 1.54) is 0 Å². The summed E-state index contributed by atoms with van der Waals surface area (Å²) in [5.41, 5.74) is 0.757. The van der Waals surface area contributed by atoms with Gasteiger partial charge in [-0.2, -0.15) is 0 Å². The standard InChI is InChI=1S/C16H23N3O3/c1-13(2)22-15-5-3-14(4-6-15)17-16(21)11-18-7-9-19(12-20)10-8-18/h3-6,12-13H,7-11H2,1-2H3,(H,17,21). The Balaban J connectivity index is 1.78. The molecule has 6 heteroatoms. The minimum absolute atomic E-state index is 0.0444. The predicted octanol–water partition coefficient (Wildman–Crippen LogP) is 1.19. The van der Waals surface area contributed by atoms with Gasteiger partial charge in [0.2, 0.25) is 12.3 Å². The van der Waals surface area contributed by atoms with Crippen molar-refractivity contribution in [2.45, 2.75) is 20.0 Å². The zero-order chi connectivity index (χ0) is 15.9. The molecule has 2 rings (SSSR count). The average Bonchev–Trinajstić information content (AvgIpc) is 2.49. The first kappa shape index (κ1) is 16.3. The van der Waals surface area contributed by atoms with Gasteiger partial charge in [-0.1, -0.05) is 0 Å². The smallest absolute Gasteiger partial charge is 0.238 e. The highest BCUT2D eigenvalue weighted by molar-refractivity contribution is 5.92. The normalized spacial score (nSPS) is 15.7. The van der Waals surface area contributed by atoms with Crippen molar-refractivity contribution in [1.82, 2.24) is 9.80 Å². The Kier molecular flexibility index (Phi) is 5.77. The number of hydrogen-bond donors (Lipinski definition) is 1. The molecule has 120 valence electrons. The first-order valence-electron chi connectivity index (χ1n) is 7.55. The number of amides is 2. The molecule has 0 atom stereocenters. The predicted molar refractivity (Wildman–Crippen MR) is 84.9 cm³/mol. The number of nitrogens with zero attached hydrogens (tertiary/aromatic N) is 2. The minimum atomic E-state index is -0.0444. The number of nitrogens with one attached hydrogen (secondary N) is 1. The van der Waals surface area contributed by atoms with Crippen LogP contribution in [0.25, 0.3) is 0 Å². The number of hydrogen-bond acceptors (Lipinski definition) is 4. The van der Waals surface area contributed by atoms with Gasteiger partial charge in [0.05, 0.1) is 12.6 Å². The van der Waals surface area contributed by atoms with Crippen LogP contribution < -0.4 is 10.1 Å². The van der Waals surface area contributed by atoms with Crippen molar-refractivity contribution in [2.24, 2.45) is 0 Å². The van der Waals surface area contributed by atoms with Crippen molar-refractivity contribution in [1.29, 1.82) is 0 Å². The van der Waals surface area contributed by atoms with Gasteiger partial charge in [0.15, 0.2) is 0 Å². The summed E-state index contributed by atoms with van der Waals surface area (Å²) in [6.07, 6.45) is 0.989. The molecule has 1 saturated heterocycles. The van der Waals surface area contributed by atoms with E-state index < -0.39 is 0 Å². The van der Waals surface area contributed by atoms with Gasteiger partial charge in [0.1, 0.15) is 5.75 Å². The van der Waals surface area contributed by atoms with E-state index in [2.05, 4.69) is 5.32 Å². The minimum Gasteiger partial charge on any atom is -0.491 e. The van der Waals surface area contributed by atoms with E-state index in [-0.39, 0.29) is 12.0 Å². The quantitative estimate of drug-likeness (QED) is 0.802. The Bertz CT molecular complexity index is 494. The molecule has 0 bridgehead atoms. The van der Waals surface area contributed by atoms with Crippen molar-refractivity contribution >= 4 is 18.0 Å². The lowest BCUT2D eigenvalue weighted by atomic mass is 10.3. The second-order valence-electron chi connectivity index (χ2n) is 5.66. The number of carbonyl (C=O) groups is 2. The Morgan fingerprint density at radius 1 is 1.23 bits per heavy atom. The summed E-state index contributed by atoms with van der Waals surface area (Å²) in [5.74, 6) is 0.745. The third-order valence-electron chi connectivity index (χ3n) is 3.43. The molecule has 6 nitrogen and oxygen atoms in total. The molecule has 22 heavy (non-hydrogen) atoms. The van der Waals surface area contributed by atoms with Crippen molar-refractivity contribution < 1.29 is 14.3 Å². The Hall–Kier alpha value is -2.08. The van der Waals surface area contributed by atoms with Gasteiger partial charge in [-0.3, -0.25) is 14.5 Å². The SMILES string of the molecule is CC(C)Oc1ccc(NC(=O)CN2CCN(C=O)CC2)cc1. The number of benzene rings is 1. The van der Waals surface area contributed by atoms with E-state index in [1.54, 1.807) is 4.90 Å². The molecule has 0 spiro atoms. The molecule has 0 radical (unpaired) electrons. The van der Waals surface area contributed by atoms with Gasteiger partial charge in [-0.25, -0.2) is 0 Å². The highest BCUT2D eigenvalue weighted by Crippen LogP contribution is 2.16. The van der Waals surface area contributed by atoms with Crippen molar-refractivity contribution in [3.05, 3.63) is 24.3 Å². The molecule has 2 amide bonds. The second kappa shape index (κ2) is 7.79. The van der Waals surface area contributed by atoms with Crippen LogP contribution in [0.1, 0.15) is 13.8 Å². The van der Waals surface area contributed by atoms with Gasteiger partial charge >= 0.3 is 0 Å². The molecular formula is C16H23N3O3. The Labute approximate surface area is 131 Å². The number of anilines is 1. The maximum atomic E-state index is 12.0. The maximum Gasteiger partial charge on any atom is 0.238 e. The van der Waals surface area contributed by atoms with Crippen LogP contribution in [0, 0.1) is 0 Å². The van der Waals surface area contributed by atoms with Crippen LogP contribution in [-0.2, 0) is 9.59 Å². The van der Waals surface area contributed by atoms with Gasteiger partial charge in [0, 0.05) is 31.9 Å². The third-order valence-corrected chi connectivity index (χ3v) is 3.43. The van der Waals surface area contributed by atoms with Gasteiger partial charge in [-0.15, -0.1) is 0 Å². The second-order valence-corrected chi connectivity index (χ2v) is 5.66. The van der Waals surface area contributed by atoms with Gasteiger partial charge < -0.3 is 15.0 Å². The zero-order valence-corrected chi connectivity index (χ0v) is 13.1. The Morgan fingerprint density at radius 2 is 1.86 bits per heavy atom. The van der Waals surface area contributed by atoms with Crippen LogP contribution in [0.5, 0.6) is 5.75 Å². The molecular weight excluding hydrogens is 282 g/mol. The average molecular weight is 305 g/mol. The fourth-order valence-electron chi connectivity index (χ4n) is 2.32. The molecule has 1 aromatic rings. The summed E-state index contributed by atoms with van der Waals surface area (Å²) < 4.78 is 5.56. The van der Waals surface area contributed by atoms with Crippen molar-refractivity contribution in [3.8, 4) is 5.75 Å². The summed E-state index contributed by atoms with van der Waals surface area (Å²) in [6.45, 7) is 7.10. The number of ether oxygens (including phenoxy) is 1. The fourth-order valence-corrected chi connectivity index (χ4v) is 2.32. The topological polar surface area (TPSA) is 61.9 Å². The molecule has 1 aliphatic rings. The highest BCUT2D eigenvalue weighted by atomic mass is 16.5. The highest BCUT2D eigenvalue weighted by Gasteiger charge is 2.17. The lowest BCUT2D eigenvalue weighted by Crippen LogP contribution is -2.48. The van der Waals surface area contributed by atoms with Crippen molar-refractivity contribution in [2.75, 3.05) is 38.0 Å². The van der Waals surface area contributed by atoms with Crippen LogP contribution in [0.15, 0.2) is 24.3 Å². The third kappa shape index (κ3) is 5.04. The molecule has 1 aromatic carbocycles. The van der Waals surface area contributed by atoms with Crippen molar-refractivity contribution in [3.63, 3.8) is 0 Å². The molecule has 1 N–H and O–H groups in total.